The summed E-state index contributed by atoms with van der Waals surface area (Å²) in [6.07, 6.45) is 2.35. The Morgan fingerprint density at radius 3 is 2.63 bits per heavy atom. The summed E-state index contributed by atoms with van der Waals surface area (Å²) in [5.74, 6) is 0.0319. The molecule has 1 aromatic carbocycles. The lowest BCUT2D eigenvalue weighted by Crippen LogP contribution is -2.49. The van der Waals surface area contributed by atoms with E-state index < -0.39 is 5.41 Å². The van der Waals surface area contributed by atoms with Gasteiger partial charge in [0.25, 0.3) is 0 Å². The van der Waals surface area contributed by atoms with E-state index in [2.05, 4.69) is 16.0 Å². The summed E-state index contributed by atoms with van der Waals surface area (Å²) in [4.78, 5) is 24.8. The van der Waals surface area contributed by atoms with E-state index in [-0.39, 0.29) is 30.1 Å². The molecule has 1 atom stereocenters. The molecule has 0 aromatic heterocycles. The van der Waals surface area contributed by atoms with E-state index in [0.717, 1.165) is 43.6 Å². The van der Waals surface area contributed by atoms with E-state index in [0.29, 0.717) is 13.2 Å². The molecule has 1 unspecified atom stereocenters. The van der Waals surface area contributed by atoms with Crippen molar-refractivity contribution in [1.82, 2.24) is 10.6 Å². The number of carbonyl (C=O) groups excluding carboxylic acids is 2. The first kappa shape index (κ1) is 23.4. The molecular weight excluding hydrogens is 366 g/mol. The number of hydrogen-bond acceptors (Lipinski definition) is 4. The van der Waals surface area contributed by atoms with Crippen LogP contribution in [0, 0.1) is 11.3 Å². The van der Waals surface area contributed by atoms with Gasteiger partial charge in [-0.25, -0.2) is 0 Å². The van der Waals surface area contributed by atoms with Gasteiger partial charge in [0, 0.05) is 25.3 Å². The third kappa shape index (κ3) is 6.48. The monoisotopic (exact) mass is 397 g/mol. The second-order valence-corrected chi connectivity index (χ2v) is 7.14. The summed E-state index contributed by atoms with van der Waals surface area (Å²) in [5, 5.41) is 9.27. The quantitative estimate of drug-likeness (QED) is 0.630. The van der Waals surface area contributed by atoms with Crippen molar-refractivity contribution in [1.29, 1.82) is 0 Å². The fourth-order valence-corrected chi connectivity index (χ4v) is 3.20. The van der Waals surface area contributed by atoms with Gasteiger partial charge in [0.05, 0.1) is 12.0 Å². The van der Waals surface area contributed by atoms with E-state index >= 15 is 0 Å². The molecule has 0 saturated carbocycles. The summed E-state index contributed by atoms with van der Waals surface area (Å²) in [6.45, 7) is 6.43. The van der Waals surface area contributed by atoms with Crippen LogP contribution in [0.5, 0.6) is 0 Å². The summed E-state index contributed by atoms with van der Waals surface area (Å²) >= 11 is 0. The van der Waals surface area contributed by atoms with E-state index in [1.807, 2.05) is 38.1 Å². The molecule has 7 heteroatoms. The second kappa shape index (κ2) is 11.3. The topological polar surface area (TPSA) is 79.5 Å². The molecule has 1 heterocycles. The van der Waals surface area contributed by atoms with Gasteiger partial charge < -0.3 is 20.7 Å². The van der Waals surface area contributed by atoms with Crippen LogP contribution in [0.15, 0.2) is 24.3 Å². The van der Waals surface area contributed by atoms with Gasteiger partial charge in [0.15, 0.2) is 0 Å². The highest BCUT2D eigenvalue weighted by Gasteiger charge is 2.39. The largest absolute Gasteiger partial charge is 0.384 e. The van der Waals surface area contributed by atoms with E-state index in [9.17, 15) is 9.59 Å². The Morgan fingerprint density at radius 1 is 1.30 bits per heavy atom. The number of amides is 2. The summed E-state index contributed by atoms with van der Waals surface area (Å²) in [5.41, 5.74) is 1.26. The average molecular weight is 398 g/mol. The maximum atomic E-state index is 12.8. The first-order valence-corrected chi connectivity index (χ1v) is 9.38. The number of carbonyl (C=O) groups is 2. The van der Waals surface area contributed by atoms with Gasteiger partial charge in [-0.1, -0.05) is 26.0 Å². The van der Waals surface area contributed by atoms with Gasteiger partial charge >= 0.3 is 0 Å². The van der Waals surface area contributed by atoms with Crippen LogP contribution in [0.2, 0.25) is 0 Å². The Kier molecular flexibility index (Phi) is 9.77. The number of nitrogens with one attached hydrogen (secondary N) is 3. The number of benzene rings is 1. The highest BCUT2D eigenvalue weighted by atomic mass is 35.5. The molecule has 0 radical (unpaired) electrons. The van der Waals surface area contributed by atoms with Crippen molar-refractivity contribution in [2.75, 3.05) is 32.1 Å². The molecule has 1 fully saturated rings. The molecule has 152 valence electrons. The molecule has 2 amide bonds. The van der Waals surface area contributed by atoms with Crippen LogP contribution in [0.4, 0.5) is 5.69 Å². The van der Waals surface area contributed by atoms with Crippen LogP contribution in [-0.4, -0.2) is 38.6 Å². The van der Waals surface area contributed by atoms with Gasteiger partial charge in [-0.05, 0) is 50.0 Å². The third-order valence-electron chi connectivity index (χ3n) is 5.17. The lowest BCUT2D eigenvalue weighted by molar-refractivity contribution is -0.136. The van der Waals surface area contributed by atoms with Gasteiger partial charge in [-0.15, -0.1) is 12.4 Å². The highest BCUT2D eigenvalue weighted by Crippen LogP contribution is 2.29. The molecular formula is C20H32ClN3O3. The fourth-order valence-electron chi connectivity index (χ4n) is 3.20. The second-order valence-electron chi connectivity index (χ2n) is 7.14. The van der Waals surface area contributed by atoms with E-state index in [4.69, 9.17) is 4.74 Å². The average Bonchev–Trinajstić information content (AvgIpc) is 2.66. The summed E-state index contributed by atoms with van der Waals surface area (Å²) in [7, 11) is 1.64. The van der Waals surface area contributed by atoms with Crippen LogP contribution in [0.3, 0.4) is 0 Å². The molecule has 0 bridgehead atoms. The van der Waals surface area contributed by atoms with Crippen LogP contribution in [-0.2, 0) is 20.9 Å². The van der Waals surface area contributed by atoms with Crippen molar-refractivity contribution in [2.45, 2.75) is 39.7 Å². The molecule has 1 aromatic rings. The van der Waals surface area contributed by atoms with Crippen molar-refractivity contribution >= 4 is 29.9 Å². The zero-order valence-electron chi connectivity index (χ0n) is 16.5. The highest BCUT2D eigenvalue weighted by molar-refractivity contribution is 5.92. The Labute approximate surface area is 168 Å². The lowest BCUT2D eigenvalue weighted by atomic mass is 9.78. The van der Waals surface area contributed by atoms with Gasteiger partial charge in [-0.3, -0.25) is 9.59 Å². The smallest absolute Gasteiger partial charge is 0.228 e. The minimum atomic E-state index is -0.456. The van der Waals surface area contributed by atoms with Crippen molar-refractivity contribution in [3.8, 4) is 0 Å². The molecule has 1 aliphatic heterocycles. The number of methoxy groups -OCH3 is 1. The Balaban J connectivity index is 0.00000364. The first-order valence-electron chi connectivity index (χ1n) is 9.38. The van der Waals surface area contributed by atoms with Crippen molar-refractivity contribution in [3.05, 3.63) is 29.8 Å². The molecule has 27 heavy (non-hydrogen) atoms. The van der Waals surface area contributed by atoms with Crippen LogP contribution >= 0.6 is 12.4 Å². The maximum Gasteiger partial charge on any atom is 0.228 e. The third-order valence-corrected chi connectivity index (χ3v) is 5.17. The van der Waals surface area contributed by atoms with E-state index in [1.165, 1.54) is 0 Å². The predicted molar refractivity (Wildman–Crippen MR) is 110 cm³/mol. The maximum absolute atomic E-state index is 12.8. The van der Waals surface area contributed by atoms with Crippen molar-refractivity contribution in [2.24, 2.45) is 11.3 Å². The molecule has 1 aliphatic rings. The normalized spacial score (nSPS) is 16.7. The Bertz CT molecular complexity index is 613. The number of piperidine rings is 1. The lowest BCUT2D eigenvalue weighted by Gasteiger charge is -2.35. The van der Waals surface area contributed by atoms with Crippen LogP contribution < -0.4 is 16.0 Å². The summed E-state index contributed by atoms with van der Waals surface area (Å²) < 4.78 is 5.32. The van der Waals surface area contributed by atoms with Crippen molar-refractivity contribution < 1.29 is 14.3 Å². The minimum absolute atomic E-state index is 0. The SMILES string of the molecule is CCC(C)C(=O)Nc1cccc(CNC(=O)C2(COC)CCNCC2)c1.Cl. The molecule has 0 aliphatic carbocycles. The zero-order chi connectivity index (χ0) is 19.0. The van der Waals surface area contributed by atoms with Gasteiger partial charge in [0.1, 0.15) is 0 Å². The number of ether oxygens (including phenoxy) is 1. The van der Waals surface area contributed by atoms with Gasteiger partial charge in [0.2, 0.25) is 11.8 Å². The molecule has 2 rings (SSSR count). The predicted octanol–water partition coefficient (Wildman–Crippen LogP) is 2.73. The minimum Gasteiger partial charge on any atom is -0.384 e. The molecule has 3 N–H and O–H groups in total. The van der Waals surface area contributed by atoms with Gasteiger partial charge in [-0.2, -0.15) is 0 Å². The standard InChI is InChI=1S/C20H31N3O3.ClH/c1-4-15(2)18(24)23-17-7-5-6-16(12-17)13-22-19(25)20(14-26-3)8-10-21-11-9-20;/h5-7,12,15,21H,4,8-11,13-14H2,1-3H3,(H,22,25)(H,23,24);1H. The summed E-state index contributed by atoms with van der Waals surface area (Å²) in [6, 6.07) is 7.62. The molecule has 0 spiro atoms. The van der Waals surface area contributed by atoms with Crippen LogP contribution in [0.1, 0.15) is 38.7 Å². The number of hydrogen-bond donors (Lipinski definition) is 3. The fraction of sp³-hybridized carbons (Fsp3) is 0.600. The molecule has 6 nitrogen and oxygen atoms in total. The van der Waals surface area contributed by atoms with Crippen molar-refractivity contribution in [3.63, 3.8) is 0 Å². The Morgan fingerprint density at radius 2 is 2.00 bits per heavy atom. The number of anilines is 1. The number of rotatable bonds is 8. The zero-order valence-corrected chi connectivity index (χ0v) is 17.3. The first-order chi connectivity index (χ1) is 12.5. The number of halogens is 1. The molecule has 1 saturated heterocycles. The van der Waals surface area contributed by atoms with Crippen LogP contribution in [0.25, 0.3) is 0 Å². The Hall–Kier alpha value is -1.63. The van der Waals surface area contributed by atoms with E-state index in [1.54, 1.807) is 7.11 Å².